The van der Waals surface area contributed by atoms with Crippen molar-refractivity contribution >= 4 is 30.7 Å². The minimum atomic E-state index is 0. The van der Waals surface area contributed by atoms with Gasteiger partial charge in [0.15, 0.2) is 0 Å². The van der Waals surface area contributed by atoms with Crippen molar-refractivity contribution in [3.05, 3.63) is 70.8 Å². The highest BCUT2D eigenvalue weighted by molar-refractivity contribution is 5.94. The predicted molar refractivity (Wildman–Crippen MR) is 124 cm³/mol. The normalized spacial score (nSPS) is 19.3. The summed E-state index contributed by atoms with van der Waals surface area (Å²) < 4.78 is 0. The van der Waals surface area contributed by atoms with Crippen LogP contribution in [0.1, 0.15) is 39.4 Å². The van der Waals surface area contributed by atoms with Crippen LogP contribution < -0.4 is 5.32 Å². The van der Waals surface area contributed by atoms with E-state index in [0.29, 0.717) is 5.92 Å². The highest BCUT2D eigenvalue weighted by Gasteiger charge is 2.23. The van der Waals surface area contributed by atoms with Gasteiger partial charge in [-0.2, -0.15) is 0 Å². The Morgan fingerprint density at radius 1 is 1.03 bits per heavy atom. The van der Waals surface area contributed by atoms with E-state index in [4.69, 9.17) is 0 Å². The molecule has 4 nitrogen and oxygen atoms in total. The van der Waals surface area contributed by atoms with Crippen LogP contribution in [-0.2, 0) is 6.54 Å². The lowest BCUT2D eigenvalue weighted by molar-refractivity contribution is 0.0628. The Hall–Kier alpha value is -1.59. The number of amides is 1. The zero-order valence-corrected chi connectivity index (χ0v) is 18.6. The van der Waals surface area contributed by atoms with Crippen LogP contribution in [-0.4, -0.2) is 55.0 Å². The first-order valence-electron chi connectivity index (χ1n) is 10.1. The fraction of sp³-hybridized carbons (Fsp3) is 0.435. The number of aryl methyl sites for hydroxylation is 1. The first kappa shape index (κ1) is 23.7. The molecule has 1 atom stereocenters. The summed E-state index contributed by atoms with van der Waals surface area (Å²) in [6.45, 7) is 8.68. The van der Waals surface area contributed by atoms with Gasteiger partial charge < -0.3 is 10.2 Å². The minimum absolute atomic E-state index is 0. The predicted octanol–water partition coefficient (Wildman–Crippen LogP) is 3.87. The zero-order chi connectivity index (χ0) is 18.6. The summed E-state index contributed by atoms with van der Waals surface area (Å²) in [4.78, 5) is 17.4. The standard InChI is InChI=1S/C23H29N3O.2ClH/c1-18-4-2-5-19(14-18)17-25-10-12-26(13-11-25)23(27)21-7-3-6-20(15-21)22-8-9-24-16-22;;/h2-7,14-15,22,24H,8-13,16-17H2,1H3;2*1H. The van der Waals surface area contributed by atoms with Crippen LogP contribution in [0, 0.1) is 6.92 Å². The van der Waals surface area contributed by atoms with Crippen molar-refractivity contribution in [3.8, 4) is 0 Å². The van der Waals surface area contributed by atoms with Crippen LogP contribution in [0.3, 0.4) is 0 Å². The molecule has 0 spiro atoms. The van der Waals surface area contributed by atoms with Gasteiger partial charge in [0.05, 0.1) is 0 Å². The molecule has 2 saturated heterocycles. The molecular weight excluding hydrogens is 405 g/mol. The maximum Gasteiger partial charge on any atom is 0.253 e. The molecule has 6 heteroatoms. The van der Waals surface area contributed by atoms with Crippen LogP contribution in [0.5, 0.6) is 0 Å². The third kappa shape index (κ3) is 5.95. The molecule has 158 valence electrons. The fourth-order valence-corrected chi connectivity index (χ4v) is 4.23. The number of halogens is 2. The lowest BCUT2D eigenvalue weighted by Gasteiger charge is -2.35. The van der Waals surface area contributed by atoms with Gasteiger partial charge in [-0.25, -0.2) is 0 Å². The van der Waals surface area contributed by atoms with Gasteiger partial charge >= 0.3 is 0 Å². The number of hydrogen-bond acceptors (Lipinski definition) is 3. The number of nitrogens with zero attached hydrogens (tertiary/aromatic N) is 2. The monoisotopic (exact) mass is 435 g/mol. The van der Waals surface area contributed by atoms with Crippen molar-refractivity contribution in [1.29, 1.82) is 0 Å². The molecule has 29 heavy (non-hydrogen) atoms. The van der Waals surface area contributed by atoms with E-state index in [2.05, 4.69) is 53.5 Å². The summed E-state index contributed by atoms with van der Waals surface area (Å²) in [5.74, 6) is 0.724. The molecule has 2 heterocycles. The van der Waals surface area contributed by atoms with Crippen molar-refractivity contribution < 1.29 is 4.79 Å². The van der Waals surface area contributed by atoms with Crippen molar-refractivity contribution in [2.45, 2.75) is 25.8 Å². The summed E-state index contributed by atoms with van der Waals surface area (Å²) in [5, 5.41) is 3.41. The molecule has 2 aliphatic rings. The number of hydrogen-bond donors (Lipinski definition) is 1. The fourth-order valence-electron chi connectivity index (χ4n) is 4.23. The number of carbonyl (C=O) groups is 1. The molecule has 1 N–H and O–H groups in total. The molecule has 2 aromatic carbocycles. The smallest absolute Gasteiger partial charge is 0.253 e. The molecule has 2 aliphatic heterocycles. The molecule has 4 rings (SSSR count). The summed E-state index contributed by atoms with van der Waals surface area (Å²) >= 11 is 0. The van der Waals surface area contributed by atoms with E-state index in [1.165, 1.54) is 16.7 Å². The number of benzene rings is 2. The van der Waals surface area contributed by atoms with E-state index in [1.54, 1.807) is 0 Å². The number of nitrogens with one attached hydrogen (secondary N) is 1. The summed E-state index contributed by atoms with van der Waals surface area (Å²) in [5.41, 5.74) is 4.79. The minimum Gasteiger partial charge on any atom is -0.336 e. The zero-order valence-electron chi connectivity index (χ0n) is 17.0. The van der Waals surface area contributed by atoms with Crippen LogP contribution in [0.2, 0.25) is 0 Å². The van der Waals surface area contributed by atoms with E-state index in [9.17, 15) is 4.79 Å². The quantitative estimate of drug-likeness (QED) is 0.791. The van der Waals surface area contributed by atoms with Gasteiger partial charge in [0.25, 0.3) is 5.91 Å². The number of piperazine rings is 1. The Morgan fingerprint density at radius 2 is 1.79 bits per heavy atom. The van der Waals surface area contributed by atoms with Crippen molar-refractivity contribution in [1.82, 2.24) is 15.1 Å². The average molecular weight is 436 g/mol. The summed E-state index contributed by atoms with van der Waals surface area (Å²) in [6.07, 6.45) is 1.16. The molecule has 0 radical (unpaired) electrons. The van der Waals surface area contributed by atoms with Crippen LogP contribution >= 0.6 is 24.8 Å². The second-order valence-corrected chi connectivity index (χ2v) is 7.87. The van der Waals surface area contributed by atoms with Crippen LogP contribution in [0.4, 0.5) is 0 Å². The molecule has 0 saturated carbocycles. The molecule has 1 unspecified atom stereocenters. The SMILES string of the molecule is Cc1cccc(CN2CCN(C(=O)c3cccc(C4CCNC4)c3)CC2)c1.Cl.Cl. The summed E-state index contributed by atoms with van der Waals surface area (Å²) in [6, 6.07) is 17.0. The molecule has 0 aromatic heterocycles. The highest BCUT2D eigenvalue weighted by atomic mass is 35.5. The van der Waals surface area contributed by atoms with E-state index in [-0.39, 0.29) is 30.7 Å². The molecular formula is C23H31Cl2N3O. The Morgan fingerprint density at radius 3 is 2.48 bits per heavy atom. The Bertz CT molecular complexity index is 800. The maximum atomic E-state index is 13.0. The topological polar surface area (TPSA) is 35.6 Å². The lowest BCUT2D eigenvalue weighted by Crippen LogP contribution is -2.48. The third-order valence-electron chi connectivity index (χ3n) is 5.81. The van der Waals surface area contributed by atoms with E-state index < -0.39 is 0 Å². The largest absolute Gasteiger partial charge is 0.336 e. The number of rotatable bonds is 4. The third-order valence-corrected chi connectivity index (χ3v) is 5.81. The average Bonchev–Trinajstić information content (AvgIpc) is 3.23. The van der Waals surface area contributed by atoms with Crippen molar-refractivity contribution in [3.63, 3.8) is 0 Å². The Balaban J connectivity index is 0.00000150. The second-order valence-electron chi connectivity index (χ2n) is 7.87. The number of carbonyl (C=O) groups excluding carboxylic acids is 1. The van der Waals surface area contributed by atoms with Gasteiger partial charge in [-0.3, -0.25) is 9.69 Å². The van der Waals surface area contributed by atoms with E-state index >= 15 is 0 Å². The van der Waals surface area contributed by atoms with Gasteiger partial charge in [0, 0.05) is 44.8 Å². The Labute approximate surface area is 186 Å². The van der Waals surface area contributed by atoms with Gasteiger partial charge in [0.2, 0.25) is 0 Å². The van der Waals surface area contributed by atoms with Gasteiger partial charge in [-0.1, -0.05) is 42.0 Å². The van der Waals surface area contributed by atoms with Gasteiger partial charge in [-0.15, -0.1) is 24.8 Å². The summed E-state index contributed by atoms with van der Waals surface area (Å²) in [7, 11) is 0. The van der Waals surface area contributed by atoms with Gasteiger partial charge in [-0.05, 0) is 49.1 Å². The molecule has 1 amide bonds. The lowest BCUT2D eigenvalue weighted by atomic mass is 9.96. The van der Waals surface area contributed by atoms with Gasteiger partial charge in [0.1, 0.15) is 0 Å². The van der Waals surface area contributed by atoms with E-state index in [0.717, 1.165) is 57.8 Å². The first-order valence-corrected chi connectivity index (χ1v) is 10.1. The van der Waals surface area contributed by atoms with Crippen molar-refractivity contribution in [2.24, 2.45) is 0 Å². The Kier molecular flexibility index (Phi) is 8.97. The van der Waals surface area contributed by atoms with Crippen molar-refractivity contribution in [2.75, 3.05) is 39.3 Å². The highest BCUT2D eigenvalue weighted by Crippen LogP contribution is 2.23. The maximum absolute atomic E-state index is 13.0. The molecule has 0 aliphatic carbocycles. The molecule has 0 bridgehead atoms. The molecule has 2 aromatic rings. The van der Waals surface area contributed by atoms with Crippen LogP contribution in [0.25, 0.3) is 0 Å². The first-order chi connectivity index (χ1) is 13.2. The molecule has 2 fully saturated rings. The van der Waals surface area contributed by atoms with Crippen LogP contribution in [0.15, 0.2) is 48.5 Å². The van der Waals surface area contributed by atoms with E-state index in [1.807, 2.05) is 17.0 Å². The second kappa shape index (κ2) is 11.0.